The highest BCUT2D eigenvalue weighted by molar-refractivity contribution is 6.32. The second-order valence-electron chi connectivity index (χ2n) is 4.98. The number of halogens is 1. The minimum atomic E-state index is -0.306. The number of benzene rings is 1. The highest BCUT2D eigenvalue weighted by atomic mass is 35.5. The molecular weight excluding hydrogens is 314 g/mol. The molecule has 116 valence electrons. The average molecular weight is 328 g/mol. The second kappa shape index (κ2) is 6.58. The molecule has 0 saturated heterocycles. The molecule has 0 saturated carbocycles. The summed E-state index contributed by atoms with van der Waals surface area (Å²) in [5, 5.41) is 11.3. The number of para-hydroxylation sites is 1. The number of hydrogen-bond donors (Lipinski definition) is 1. The van der Waals surface area contributed by atoms with Crippen molar-refractivity contribution in [3.8, 4) is 5.69 Å². The van der Waals surface area contributed by atoms with Crippen molar-refractivity contribution in [2.24, 2.45) is 0 Å². The van der Waals surface area contributed by atoms with Crippen LogP contribution in [0.4, 0.5) is 0 Å². The highest BCUT2D eigenvalue weighted by Gasteiger charge is 2.15. The van der Waals surface area contributed by atoms with Gasteiger partial charge >= 0.3 is 0 Å². The van der Waals surface area contributed by atoms with E-state index < -0.39 is 0 Å². The van der Waals surface area contributed by atoms with E-state index in [1.54, 1.807) is 30.7 Å². The molecule has 2 aromatic heterocycles. The Kier molecular flexibility index (Phi) is 4.34. The summed E-state index contributed by atoms with van der Waals surface area (Å²) < 4.78 is 1.48. The molecule has 1 atom stereocenters. The van der Waals surface area contributed by atoms with E-state index in [0.29, 0.717) is 10.7 Å². The number of nitrogens with zero attached hydrogens (tertiary/aromatic N) is 4. The Morgan fingerprint density at radius 2 is 2.09 bits per heavy atom. The molecule has 0 spiro atoms. The van der Waals surface area contributed by atoms with Crippen LogP contribution in [-0.2, 0) is 0 Å². The molecule has 1 aromatic carbocycles. The molecule has 0 fully saturated rings. The molecule has 1 N–H and O–H groups in total. The van der Waals surface area contributed by atoms with Crippen molar-refractivity contribution in [3.63, 3.8) is 0 Å². The normalized spacial score (nSPS) is 11.9. The van der Waals surface area contributed by atoms with Gasteiger partial charge in [0.15, 0.2) is 5.69 Å². The Hall–Kier alpha value is -2.73. The van der Waals surface area contributed by atoms with Crippen molar-refractivity contribution >= 4 is 17.5 Å². The summed E-state index contributed by atoms with van der Waals surface area (Å²) in [6.07, 6.45) is 4.95. The van der Waals surface area contributed by atoms with Gasteiger partial charge in [0.25, 0.3) is 5.91 Å². The lowest BCUT2D eigenvalue weighted by Gasteiger charge is -2.12. The first kappa shape index (κ1) is 15.2. The summed E-state index contributed by atoms with van der Waals surface area (Å²) in [7, 11) is 0. The van der Waals surface area contributed by atoms with Gasteiger partial charge in [0.2, 0.25) is 0 Å². The Bertz CT molecular complexity index is 818. The van der Waals surface area contributed by atoms with Crippen molar-refractivity contribution in [1.82, 2.24) is 25.3 Å². The van der Waals surface area contributed by atoms with Crippen molar-refractivity contribution in [1.29, 1.82) is 0 Å². The molecule has 3 aromatic rings. The van der Waals surface area contributed by atoms with Gasteiger partial charge in [-0.15, -0.1) is 5.10 Å². The second-order valence-corrected chi connectivity index (χ2v) is 5.39. The summed E-state index contributed by atoms with van der Waals surface area (Å²) in [6.45, 7) is 1.88. The van der Waals surface area contributed by atoms with Gasteiger partial charge in [-0.25, -0.2) is 4.68 Å². The van der Waals surface area contributed by atoms with Crippen LogP contribution in [0.5, 0.6) is 0 Å². The van der Waals surface area contributed by atoms with Crippen LogP contribution in [0.25, 0.3) is 5.69 Å². The molecular formula is C16H14ClN5O. The predicted molar refractivity (Wildman–Crippen MR) is 86.5 cm³/mol. The number of carbonyl (C=O) groups is 1. The molecule has 0 bridgehead atoms. The van der Waals surface area contributed by atoms with Gasteiger partial charge in [-0.1, -0.05) is 35.0 Å². The van der Waals surface area contributed by atoms with Crippen LogP contribution in [-0.4, -0.2) is 25.9 Å². The lowest BCUT2D eigenvalue weighted by molar-refractivity contribution is 0.0934. The van der Waals surface area contributed by atoms with Gasteiger partial charge in [0, 0.05) is 12.4 Å². The maximum Gasteiger partial charge on any atom is 0.273 e. The average Bonchev–Trinajstić information content (AvgIpc) is 3.06. The molecule has 0 aliphatic rings. The van der Waals surface area contributed by atoms with Crippen LogP contribution in [0.15, 0.2) is 55.0 Å². The number of pyridine rings is 1. The monoisotopic (exact) mass is 327 g/mol. The van der Waals surface area contributed by atoms with E-state index in [2.05, 4.69) is 20.6 Å². The summed E-state index contributed by atoms with van der Waals surface area (Å²) in [5.41, 5.74) is 1.81. The quantitative estimate of drug-likeness (QED) is 0.799. The third kappa shape index (κ3) is 3.37. The molecule has 1 unspecified atom stereocenters. The van der Waals surface area contributed by atoms with Gasteiger partial charge in [0.05, 0.1) is 22.9 Å². The SMILES string of the molecule is CC(NC(=O)c1cn(-c2ccccc2Cl)nn1)c1cccnc1. The minimum Gasteiger partial charge on any atom is -0.344 e. The van der Waals surface area contributed by atoms with Crippen LogP contribution in [0, 0.1) is 0 Å². The van der Waals surface area contributed by atoms with Gasteiger partial charge in [0.1, 0.15) is 0 Å². The van der Waals surface area contributed by atoms with Crippen molar-refractivity contribution in [2.45, 2.75) is 13.0 Å². The molecule has 0 radical (unpaired) electrons. The van der Waals surface area contributed by atoms with E-state index in [9.17, 15) is 4.79 Å². The number of aromatic nitrogens is 4. The number of amides is 1. The smallest absolute Gasteiger partial charge is 0.273 e. The van der Waals surface area contributed by atoms with Crippen LogP contribution in [0.1, 0.15) is 29.0 Å². The predicted octanol–water partition coefficient (Wildman–Crippen LogP) is 2.81. The molecule has 2 heterocycles. The van der Waals surface area contributed by atoms with Crippen LogP contribution in [0.2, 0.25) is 5.02 Å². The zero-order valence-electron chi connectivity index (χ0n) is 12.3. The van der Waals surface area contributed by atoms with Crippen LogP contribution in [0.3, 0.4) is 0 Å². The zero-order chi connectivity index (χ0) is 16.2. The maximum atomic E-state index is 12.3. The maximum absolute atomic E-state index is 12.3. The molecule has 23 heavy (non-hydrogen) atoms. The first-order valence-corrected chi connectivity index (χ1v) is 7.41. The van der Waals surface area contributed by atoms with E-state index >= 15 is 0 Å². The molecule has 1 amide bonds. The molecule has 3 rings (SSSR count). The lowest BCUT2D eigenvalue weighted by atomic mass is 10.1. The molecule has 6 nitrogen and oxygen atoms in total. The van der Waals surface area contributed by atoms with Crippen LogP contribution < -0.4 is 5.32 Å². The Balaban J connectivity index is 1.75. The number of rotatable bonds is 4. The van der Waals surface area contributed by atoms with Gasteiger partial charge < -0.3 is 5.32 Å². The summed E-state index contributed by atoms with van der Waals surface area (Å²) in [5.74, 6) is -0.306. The fourth-order valence-electron chi connectivity index (χ4n) is 2.11. The topological polar surface area (TPSA) is 72.7 Å². The molecule has 7 heteroatoms. The van der Waals surface area contributed by atoms with Crippen molar-refractivity contribution in [2.75, 3.05) is 0 Å². The van der Waals surface area contributed by atoms with Crippen LogP contribution >= 0.6 is 11.6 Å². The fourth-order valence-corrected chi connectivity index (χ4v) is 2.33. The molecule has 0 aliphatic carbocycles. The first-order valence-electron chi connectivity index (χ1n) is 7.03. The minimum absolute atomic E-state index is 0.179. The summed E-state index contributed by atoms with van der Waals surface area (Å²) in [6, 6.07) is 10.8. The Morgan fingerprint density at radius 1 is 1.26 bits per heavy atom. The third-order valence-corrected chi connectivity index (χ3v) is 3.68. The Morgan fingerprint density at radius 3 is 2.83 bits per heavy atom. The van der Waals surface area contributed by atoms with Gasteiger partial charge in [-0.2, -0.15) is 0 Å². The standard InChI is InChI=1S/C16H14ClN5O/c1-11(12-5-4-8-18-9-12)19-16(23)14-10-22(21-20-14)15-7-3-2-6-13(15)17/h2-11H,1H3,(H,19,23). The summed E-state index contributed by atoms with van der Waals surface area (Å²) >= 11 is 6.12. The largest absolute Gasteiger partial charge is 0.344 e. The van der Waals surface area contributed by atoms with E-state index in [1.807, 2.05) is 31.2 Å². The van der Waals surface area contributed by atoms with E-state index in [-0.39, 0.29) is 17.6 Å². The van der Waals surface area contributed by atoms with Crippen molar-refractivity contribution < 1.29 is 4.79 Å². The van der Waals surface area contributed by atoms with Crippen molar-refractivity contribution in [3.05, 3.63) is 71.3 Å². The van der Waals surface area contributed by atoms with E-state index in [4.69, 9.17) is 11.6 Å². The third-order valence-electron chi connectivity index (χ3n) is 3.36. The fraction of sp³-hybridized carbons (Fsp3) is 0.125. The number of hydrogen-bond acceptors (Lipinski definition) is 4. The lowest BCUT2D eigenvalue weighted by Crippen LogP contribution is -2.27. The highest BCUT2D eigenvalue weighted by Crippen LogP contribution is 2.19. The summed E-state index contributed by atoms with van der Waals surface area (Å²) in [4.78, 5) is 16.3. The van der Waals surface area contributed by atoms with E-state index in [0.717, 1.165) is 5.56 Å². The number of nitrogens with one attached hydrogen (secondary N) is 1. The van der Waals surface area contributed by atoms with Gasteiger partial charge in [-0.05, 0) is 30.7 Å². The van der Waals surface area contributed by atoms with Gasteiger partial charge in [-0.3, -0.25) is 9.78 Å². The zero-order valence-corrected chi connectivity index (χ0v) is 13.1. The first-order chi connectivity index (χ1) is 11.1. The molecule has 0 aliphatic heterocycles. The van der Waals surface area contributed by atoms with E-state index in [1.165, 1.54) is 4.68 Å². The number of carbonyl (C=O) groups excluding carboxylic acids is 1. The Labute approximate surface area is 138 Å².